The van der Waals surface area contributed by atoms with Gasteiger partial charge in [0, 0.05) is 17.7 Å². The van der Waals surface area contributed by atoms with Crippen molar-refractivity contribution in [3.63, 3.8) is 0 Å². The predicted octanol–water partition coefficient (Wildman–Crippen LogP) is 4.65. The normalized spacial score (nSPS) is 11.0. The van der Waals surface area contributed by atoms with Crippen LogP contribution in [0.1, 0.15) is 22.1 Å². The van der Waals surface area contributed by atoms with Crippen LogP contribution in [0.5, 0.6) is 0 Å². The Labute approximate surface area is 137 Å². The standard InChI is InChI=1S/C18H13NO5/c1-12-5-9-18(23-12)16(20)8-6-15-7-10-17(24-15)13-3-2-4-14(11-13)19(21)22/h2-11H,1H3/b8-6+. The van der Waals surface area contributed by atoms with E-state index in [9.17, 15) is 14.9 Å². The van der Waals surface area contributed by atoms with E-state index in [-0.39, 0.29) is 17.2 Å². The molecule has 24 heavy (non-hydrogen) atoms. The van der Waals surface area contributed by atoms with Gasteiger partial charge in [0.05, 0.1) is 4.92 Å². The molecule has 0 fully saturated rings. The maximum Gasteiger partial charge on any atom is 0.270 e. The number of benzene rings is 1. The van der Waals surface area contributed by atoms with Crippen LogP contribution in [0.4, 0.5) is 5.69 Å². The average Bonchev–Trinajstić information content (AvgIpc) is 3.22. The van der Waals surface area contributed by atoms with Gasteiger partial charge in [-0.25, -0.2) is 0 Å². The minimum Gasteiger partial charge on any atom is -0.458 e. The number of carbonyl (C=O) groups is 1. The zero-order valence-corrected chi connectivity index (χ0v) is 12.8. The van der Waals surface area contributed by atoms with Crippen LogP contribution in [0.3, 0.4) is 0 Å². The van der Waals surface area contributed by atoms with Crippen LogP contribution >= 0.6 is 0 Å². The largest absolute Gasteiger partial charge is 0.458 e. The number of hydrogen-bond donors (Lipinski definition) is 0. The monoisotopic (exact) mass is 323 g/mol. The Kier molecular flexibility index (Phi) is 4.11. The van der Waals surface area contributed by atoms with Gasteiger partial charge in [-0.2, -0.15) is 0 Å². The van der Waals surface area contributed by atoms with Gasteiger partial charge in [-0.15, -0.1) is 0 Å². The van der Waals surface area contributed by atoms with Crippen molar-refractivity contribution >= 4 is 17.5 Å². The number of furan rings is 2. The molecule has 2 heterocycles. The molecule has 0 amide bonds. The topological polar surface area (TPSA) is 86.5 Å². The van der Waals surface area contributed by atoms with E-state index in [0.29, 0.717) is 22.8 Å². The maximum absolute atomic E-state index is 11.9. The van der Waals surface area contributed by atoms with Crippen LogP contribution in [-0.4, -0.2) is 10.7 Å². The maximum atomic E-state index is 11.9. The second-order valence-corrected chi connectivity index (χ2v) is 5.12. The molecule has 0 unspecified atom stereocenters. The molecule has 0 radical (unpaired) electrons. The average molecular weight is 323 g/mol. The summed E-state index contributed by atoms with van der Waals surface area (Å²) < 4.78 is 10.9. The van der Waals surface area contributed by atoms with E-state index in [0.717, 1.165) is 0 Å². The predicted molar refractivity (Wildman–Crippen MR) is 87.6 cm³/mol. The molecule has 0 aliphatic carbocycles. The summed E-state index contributed by atoms with van der Waals surface area (Å²) in [5.74, 6) is 1.61. The molecular formula is C18H13NO5. The quantitative estimate of drug-likeness (QED) is 0.295. The third-order valence-electron chi connectivity index (χ3n) is 3.35. The first-order valence-electron chi connectivity index (χ1n) is 7.16. The number of hydrogen-bond acceptors (Lipinski definition) is 5. The number of ketones is 1. The first-order chi connectivity index (χ1) is 11.5. The van der Waals surface area contributed by atoms with Crippen LogP contribution < -0.4 is 0 Å². The van der Waals surface area contributed by atoms with E-state index < -0.39 is 4.92 Å². The van der Waals surface area contributed by atoms with Gasteiger partial charge in [0.25, 0.3) is 5.69 Å². The Hall–Kier alpha value is -3.41. The zero-order chi connectivity index (χ0) is 17.1. The van der Waals surface area contributed by atoms with Crippen LogP contribution in [0, 0.1) is 17.0 Å². The highest BCUT2D eigenvalue weighted by molar-refractivity contribution is 6.04. The number of carbonyl (C=O) groups excluding carboxylic acids is 1. The first-order valence-corrected chi connectivity index (χ1v) is 7.16. The van der Waals surface area contributed by atoms with Crippen molar-refractivity contribution in [1.82, 2.24) is 0 Å². The molecule has 0 aliphatic rings. The summed E-state index contributed by atoms with van der Waals surface area (Å²) >= 11 is 0. The Bertz CT molecular complexity index is 932. The highest BCUT2D eigenvalue weighted by atomic mass is 16.6. The number of nitrogens with zero attached hydrogens (tertiary/aromatic N) is 1. The molecule has 0 saturated carbocycles. The SMILES string of the molecule is Cc1ccc(C(=O)/C=C/c2ccc(-c3cccc([N+](=O)[O-])c3)o2)o1. The lowest BCUT2D eigenvalue weighted by Gasteiger charge is -1.96. The van der Waals surface area contributed by atoms with Crippen molar-refractivity contribution in [2.24, 2.45) is 0 Å². The molecule has 0 spiro atoms. The lowest BCUT2D eigenvalue weighted by Crippen LogP contribution is -1.90. The number of nitro groups is 1. The van der Waals surface area contributed by atoms with E-state index in [1.165, 1.54) is 24.3 Å². The van der Waals surface area contributed by atoms with Gasteiger partial charge < -0.3 is 8.83 Å². The number of aryl methyl sites for hydroxylation is 1. The zero-order valence-electron chi connectivity index (χ0n) is 12.8. The summed E-state index contributed by atoms with van der Waals surface area (Å²) in [6.07, 6.45) is 2.88. The summed E-state index contributed by atoms with van der Waals surface area (Å²) in [6, 6.07) is 12.9. The summed E-state index contributed by atoms with van der Waals surface area (Å²) in [6.45, 7) is 1.76. The number of non-ortho nitro benzene ring substituents is 1. The van der Waals surface area contributed by atoms with E-state index >= 15 is 0 Å². The highest BCUT2D eigenvalue weighted by Crippen LogP contribution is 2.26. The van der Waals surface area contributed by atoms with Gasteiger partial charge in [-0.3, -0.25) is 14.9 Å². The van der Waals surface area contributed by atoms with Crippen molar-refractivity contribution in [1.29, 1.82) is 0 Å². The molecule has 0 saturated heterocycles. The van der Waals surface area contributed by atoms with Gasteiger partial charge in [-0.05, 0) is 43.3 Å². The van der Waals surface area contributed by atoms with Crippen LogP contribution in [0.2, 0.25) is 0 Å². The van der Waals surface area contributed by atoms with Gasteiger partial charge in [-0.1, -0.05) is 12.1 Å². The fourth-order valence-electron chi connectivity index (χ4n) is 2.18. The summed E-state index contributed by atoms with van der Waals surface area (Å²) in [7, 11) is 0. The Morgan fingerprint density at radius 1 is 1.12 bits per heavy atom. The van der Waals surface area contributed by atoms with Crippen LogP contribution in [-0.2, 0) is 0 Å². The van der Waals surface area contributed by atoms with Crippen molar-refractivity contribution in [3.8, 4) is 11.3 Å². The third kappa shape index (κ3) is 3.33. The van der Waals surface area contributed by atoms with E-state index in [1.807, 2.05) is 0 Å². The minimum absolute atomic E-state index is 0.00985. The van der Waals surface area contributed by atoms with E-state index in [2.05, 4.69) is 0 Å². The Morgan fingerprint density at radius 3 is 2.67 bits per heavy atom. The molecule has 0 aliphatic heterocycles. The van der Waals surface area contributed by atoms with Crippen LogP contribution in [0.15, 0.2) is 63.4 Å². The number of allylic oxidation sites excluding steroid dienone is 1. The van der Waals surface area contributed by atoms with Crippen LogP contribution in [0.25, 0.3) is 17.4 Å². The molecule has 2 aromatic heterocycles. The summed E-state index contributed by atoms with van der Waals surface area (Å²) in [5.41, 5.74) is 0.584. The van der Waals surface area contributed by atoms with Crippen molar-refractivity contribution in [2.75, 3.05) is 0 Å². The molecule has 0 atom stereocenters. The summed E-state index contributed by atoms with van der Waals surface area (Å²) in [5, 5.41) is 10.8. The molecular weight excluding hydrogens is 310 g/mol. The second-order valence-electron chi connectivity index (χ2n) is 5.12. The van der Waals surface area contributed by atoms with Gasteiger partial charge in [0.2, 0.25) is 5.78 Å². The molecule has 1 aromatic carbocycles. The molecule has 3 rings (SSSR count). The van der Waals surface area contributed by atoms with Crippen molar-refractivity contribution < 1.29 is 18.6 Å². The van der Waals surface area contributed by atoms with Gasteiger partial charge in [0.1, 0.15) is 17.3 Å². The number of nitro benzene ring substituents is 1. The Morgan fingerprint density at radius 2 is 1.96 bits per heavy atom. The second kappa shape index (κ2) is 6.37. The summed E-state index contributed by atoms with van der Waals surface area (Å²) in [4.78, 5) is 22.3. The third-order valence-corrected chi connectivity index (χ3v) is 3.35. The van der Waals surface area contributed by atoms with Crippen molar-refractivity contribution in [2.45, 2.75) is 6.92 Å². The highest BCUT2D eigenvalue weighted by Gasteiger charge is 2.10. The van der Waals surface area contributed by atoms with Gasteiger partial charge >= 0.3 is 0 Å². The smallest absolute Gasteiger partial charge is 0.270 e. The van der Waals surface area contributed by atoms with E-state index in [1.54, 1.807) is 43.3 Å². The number of rotatable bonds is 5. The van der Waals surface area contributed by atoms with E-state index in [4.69, 9.17) is 8.83 Å². The molecule has 3 aromatic rings. The lowest BCUT2D eigenvalue weighted by atomic mass is 10.1. The first kappa shape index (κ1) is 15.5. The molecule has 120 valence electrons. The molecule has 6 nitrogen and oxygen atoms in total. The Balaban J connectivity index is 1.78. The fourth-order valence-corrected chi connectivity index (χ4v) is 2.18. The lowest BCUT2D eigenvalue weighted by molar-refractivity contribution is -0.384. The molecule has 0 N–H and O–H groups in total. The minimum atomic E-state index is -0.461. The van der Waals surface area contributed by atoms with Gasteiger partial charge in [0.15, 0.2) is 5.76 Å². The van der Waals surface area contributed by atoms with Crippen molar-refractivity contribution in [3.05, 3.63) is 82.0 Å². The fraction of sp³-hybridized carbons (Fsp3) is 0.0556. The molecule has 6 heteroatoms. The molecule has 0 bridgehead atoms.